The number of carboxylic acid groups (broad SMARTS) is 1. The van der Waals surface area contributed by atoms with E-state index in [1.54, 1.807) is 6.07 Å². The van der Waals surface area contributed by atoms with Crippen molar-refractivity contribution in [3.05, 3.63) is 47.5 Å². The second-order valence-electron chi connectivity index (χ2n) is 6.21. The zero-order chi connectivity index (χ0) is 18.4. The summed E-state index contributed by atoms with van der Waals surface area (Å²) < 4.78 is 0. The van der Waals surface area contributed by atoms with Crippen LogP contribution in [0, 0.1) is 0 Å². The number of nitrogens with zero attached hydrogens (tertiary/aromatic N) is 1. The van der Waals surface area contributed by atoms with Gasteiger partial charge in [-0.05, 0) is 43.5 Å². The van der Waals surface area contributed by atoms with E-state index in [-0.39, 0.29) is 5.75 Å². The molecule has 0 bridgehead atoms. The Kier molecular flexibility index (Phi) is 6.72. The van der Waals surface area contributed by atoms with E-state index in [9.17, 15) is 9.90 Å². The maximum absolute atomic E-state index is 10.7. The maximum atomic E-state index is 10.7. The fourth-order valence-corrected chi connectivity index (χ4v) is 4.09. The fourth-order valence-electron chi connectivity index (χ4n) is 3.01. The van der Waals surface area contributed by atoms with Crippen molar-refractivity contribution in [3.8, 4) is 0 Å². The Morgan fingerprint density at radius 3 is 2.46 bits per heavy atom. The molecular formula is C20H21ClN2O2S. The molecule has 1 aromatic heterocycles. The molecule has 0 spiro atoms. The minimum absolute atomic E-state index is 0.102. The molecular weight excluding hydrogens is 368 g/mol. The summed E-state index contributed by atoms with van der Waals surface area (Å²) >= 11 is 7.27. The average Bonchev–Trinajstić information content (AvgIpc) is 2.67. The van der Waals surface area contributed by atoms with E-state index in [2.05, 4.69) is 10.3 Å². The van der Waals surface area contributed by atoms with Gasteiger partial charge in [-0.1, -0.05) is 29.8 Å². The van der Waals surface area contributed by atoms with Gasteiger partial charge in [0.2, 0.25) is 0 Å². The minimum Gasteiger partial charge on any atom is -0.549 e. The van der Waals surface area contributed by atoms with Crippen molar-refractivity contribution in [1.82, 2.24) is 4.98 Å². The molecule has 0 atom stereocenters. The lowest BCUT2D eigenvalue weighted by Gasteiger charge is -2.11. The van der Waals surface area contributed by atoms with Crippen molar-refractivity contribution >= 4 is 51.1 Å². The quantitative estimate of drug-likeness (QED) is 0.553. The van der Waals surface area contributed by atoms with Gasteiger partial charge in [-0.3, -0.25) is 0 Å². The van der Waals surface area contributed by atoms with Gasteiger partial charge in [0, 0.05) is 26.4 Å². The van der Waals surface area contributed by atoms with Crippen molar-refractivity contribution in [1.29, 1.82) is 0 Å². The zero-order valence-corrected chi connectivity index (χ0v) is 16.0. The number of carboxylic acids is 1. The van der Waals surface area contributed by atoms with Gasteiger partial charge in [-0.25, -0.2) is 4.98 Å². The molecule has 0 amide bonds. The van der Waals surface area contributed by atoms with E-state index < -0.39 is 5.97 Å². The lowest BCUT2D eigenvalue weighted by atomic mass is 10.1. The van der Waals surface area contributed by atoms with Crippen LogP contribution in [0.3, 0.4) is 0 Å². The number of carbonyl (C=O) groups excluding carboxylic acids is 1. The third-order valence-corrected chi connectivity index (χ3v) is 5.59. The van der Waals surface area contributed by atoms with Crippen LogP contribution in [-0.4, -0.2) is 29.8 Å². The average molecular weight is 389 g/mol. The molecule has 6 heteroatoms. The van der Waals surface area contributed by atoms with Crippen LogP contribution < -0.4 is 10.4 Å². The van der Waals surface area contributed by atoms with Gasteiger partial charge in [-0.2, -0.15) is 0 Å². The van der Waals surface area contributed by atoms with Crippen LogP contribution in [0.25, 0.3) is 21.8 Å². The first kappa shape index (κ1) is 19.0. The number of halogens is 1. The predicted octanol–water partition coefficient (Wildman–Crippen LogP) is 2.62. The van der Waals surface area contributed by atoms with E-state index in [0.29, 0.717) is 5.02 Å². The molecule has 0 unspecified atom stereocenters. The van der Waals surface area contributed by atoms with E-state index >= 15 is 0 Å². The molecule has 1 aliphatic rings. The number of nitrogens with two attached hydrogens (primary N) is 1. The van der Waals surface area contributed by atoms with Crippen LogP contribution in [-0.2, 0) is 4.79 Å². The Morgan fingerprint density at radius 2 is 1.81 bits per heavy atom. The van der Waals surface area contributed by atoms with Gasteiger partial charge in [0.05, 0.1) is 30.1 Å². The van der Waals surface area contributed by atoms with Gasteiger partial charge in [0.15, 0.2) is 0 Å². The third-order valence-electron chi connectivity index (χ3n) is 4.24. The molecule has 0 saturated carbocycles. The minimum atomic E-state index is -1.09. The SMILES string of the molecule is C1CC[NH2+]CC1.O=C([O-])CSc1c2ccccc2nc2ccc(Cl)cc12. The summed E-state index contributed by atoms with van der Waals surface area (Å²) in [6, 6.07) is 13.1. The Hall–Kier alpha value is -1.82. The number of fused-ring (bicyclic) bond motifs is 2. The number of hydrogen-bond donors (Lipinski definition) is 1. The molecule has 0 aliphatic carbocycles. The largest absolute Gasteiger partial charge is 0.549 e. The first-order valence-corrected chi connectivity index (χ1v) is 10.1. The topological polar surface area (TPSA) is 69.6 Å². The molecule has 4 nitrogen and oxygen atoms in total. The molecule has 26 heavy (non-hydrogen) atoms. The lowest BCUT2D eigenvalue weighted by Crippen LogP contribution is -2.85. The van der Waals surface area contributed by atoms with Crippen molar-refractivity contribution in [2.45, 2.75) is 24.2 Å². The normalized spacial score (nSPS) is 14.0. The van der Waals surface area contributed by atoms with Crippen LogP contribution in [0.4, 0.5) is 0 Å². The molecule has 4 rings (SSSR count). The van der Waals surface area contributed by atoms with Crippen molar-refractivity contribution < 1.29 is 15.2 Å². The molecule has 1 saturated heterocycles. The highest BCUT2D eigenvalue weighted by Gasteiger charge is 2.10. The number of aromatic nitrogens is 1. The first-order chi connectivity index (χ1) is 12.6. The molecule has 2 heterocycles. The van der Waals surface area contributed by atoms with Crippen LogP contribution >= 0.6 is 23.4 Å². The smallest absolute Gasteiger partial charge is 0.0755 e. The Balaban J connectivity index is 0.000000278. The molecule has 136 valence electrons. The standard InChI is InChI=1S/C15H10ClNO2S.C5H11N/c16-9-5-6-13-11(7-9)15(20-8-14(18)19)10-3-1-2-4-12(10)17-13;1-2-4-6-5-3-1/h1-7H,8H2,(H,18,19);6H,1-5H2. The fraction of sp³-hybridized carbons (Fsp3) is 0.300. The second-order valence-corrected chi connectivity index (χ2v) is 7.63. The van der Waals surface area contributed by atoms with Crippen LogP contribution in [0.1, 0.15) is 19.3 Å². The predicted molar refractivity (Wildman–Crippen MR) is 106 cm³/mol. The van der Waals surface area contributed by atoms with Crippen LogP contribution in [0.2, 0.25) is 5.02 Å². The number of rotatable bonds is 3. The number of hydrogen-bond acceptors (Lipinski definition) is 4. The Labute approximate surface area is 162 Å². The van der Waals surface area contributed by atoms with E-state index in [1.807, 2.05) is 36.4 Å². The summed E-state index contributed by atoms with van der Waals surface area (Å²) in [5.41, 5.74) is 1.64. The number of pyridine rings is 1. The molecule has 0 radical (unpaired) electrons. The summed E-state index contributed by atoms with van der Waals surface area (Å²) in [6.07, 6.45) is 4.36. The van der Waals surface area contributed by atoms with Crippen LogP contribution in [0.15, 0.2) is 47.4 Å². The Morgan fingerprint density at radius 1 is 1.08 bits per heavy atom. The number of aliphatic carboxylic acids is 1. The van der Waals surface area contributed by atoms with E-state index in [0.717, 1.165) is 26.7 Å². The van der Waals surface area contributed by atoms with Gasteiger partial charge >= 0.3 is 0 Å². The second kappa shape index (κ2) is 9.21. The molecule has 1 fully saturated rings. The number of thioether (sulfide) groups is 1. The van der Waals surface area contributed by atoms with Gasteiger partial charge in [-0.15, -0.1) is 11.8 Å². The van der Waals surface area contributed by atoms with Crippen molar-refractivity contribution in [2.75, 3.05) is 18.8 Å². The summed E-state index contributed by atoms with van der Waals surface area (Å²) in [5.74, 6) is -1.19. The Bertz CT molecular complexity index is 901. The third kappa shape index (κ3) is 4.87. The van der Waals surface area contributed by atoms with Gasteiger partial charge in [0.25, 0.3) is 0 Å². The number of carbonyl (C=O) groups is 1. The number of piperidine rings is 1. The highest BCUT2D eigenvalue weighted by atomic mass is 35.5. The lowest BCUT2D eigenvalue weighted by molar-refractivity contribution is -0.662. The highest BCUT2D eigenvalue weighted by Crippen LogP contribution is 2.35. The molecule has 3 aromatic rings. The van der Waals surface area contributed by atoms with E-state index in [4.69, 9.17) is 11.6 Å². The van der Waals surface area contributed by atoms with E-state index in [1.165, 1.54) is 44.1 Å². The van der Waals surface area contributed by atoms with Crippen LogP contribution in [0.5, 0.6) is 0 Å². The summed E-state index contributed by atoms with van der Waals surface area (Å²) in [6.45, 7) is 2.75. The van der Waals surface area contributed by atoms with Gasteiger partial charge in [0.1, 0.15) is 0 Å². The molecule has 2 aromatic carbocycles. The molecule has 2 N–H and O–H groups in total. The summed E-state index contributed by atoms with van der Waals surface area (Å²) in [7, 11) is 0. The highest BCUT2D eigenvalue weighted by molar-refractivity contribution is 8.00. The number of para-hydroxylation sites is 1. The monoisotopic (exact) mass is 388 g/mol. The summed E-state index contributed by atoms with van der Waals surface area (Å²) in [5, 5.41) is 15.5. The number of benzene rings is 2. The maximum Gasteiger partial charge on any atom is 0.0755 e. The summed E-state index contributed by atoms with van der Waals surface area (Å²) in [4.78, 5) is 16.2. The van der Waals surface area contributed by atoms with Gasteiger partial charge < -0.3 is 15.2 Å². The first-order valence-electron chi connectivity index (χ1n) is 8.77. The van der Waals surface area contributed by atoms with Crippen molar-refractivity contribution in [3.63, 3.8) is 0 Å². The zero-order valence-electron chi connectivity index (χ0n) is 14.4. The van der Waals surface area contributed by atoms with Crippen molar-refractivity contribution in [2.24, 2.45) is 0 Å². The number of quaternary nitrogens is 1. The molecule has 1 aliphatic heterocycles.